The molecular weight excluding hydrogens is 406 g/mol. The zero-order valence-corrected chi connectivity index (χ0v) is 19.1. The summed E-state index contributed by atoms with van der Waals surface area (Å²) in [4.78, 5) is 31.3. The van der Waals surface area contributed by atoms with Gasteiger partial charge in [0.25, 0.3) is 5.56 Å². The van der Waals surface area contributed by atoms with Gasteiger partial charge < -0.3 is 24.4 Å². The highest BCUT2D eigenvalue weighted by Gasteiger charge is 2.29. The number of nitrogens with one attached hydrogen (secondary N) is 1. The van der Waals surface area contributed by atoms with E-state index in [9.17, 15) is 4.79 Å². The molecule has 32 heavy (non-hydrogen) atoms. The molecule has 5 heterocycles. The molecule has 168 valence electrons. The van der Waals surface area contributed by atoms with Crippen molar-refractivity contribution in [1.29, 1.82) is 0 Å². The van der Waals surface area contributed by atoms with Gasteiger partial charge >= 0.3 is 0 Å². The maximum Gasteiger partial charge on any atom is 0.274 e. The number of anilines is 3. The van der Waals surface area contributed by atoms with E-state index in [1.54, 1.807) is 17.0 Å². The quantitative estimate of drug-likeness (QED) is 0.669. The van der Waals surface area contributed by atoms with Crippen molar-refractivity contribution in [2.75, 3.05) is 43.5 Å². The molecule has 9 nitrogen and oxygen atoms in total. The smallest absolute Gasteiger partial charge is 0.274 e. The zero-order valence-electron chi connectivity index (χ0n) is 19.1. The fraction of sp³-hybridized carbons (Fsp3) is 0.478. The number of ether oxygens (including phenoxy) is 1. The van der Waals surface area contributed by atoms with Crippen molar-refractivity contribution in [3.63, 3.8) is 0 Å². The third-order valence-electron chi connectivity index (χ3n) is 6.25. The highest BCUT2D eigenvalue weighted by Crippen LogP contribution is 2.28. The average Bonchev–Trinajstić information content (AvgIpc) is 2.76. The molecule has 3 aromatic heterocycles. The van der Waals surface area contributed by atoms with Crippen LogP contribution in [0.5, 0.6) is 0 Å². The minimum Gasteiger partial charge on any atom is -0.372 e. The Morgan fingerprint density at radius 1 is 1.19 bits per heavy atom. The number of morpholine rings is 1. The predicted octanol–water partition coefficient (Wildman–Crippen LogP) is 2.07. The summed E-state index contributed by atoms with van der Waals surface area (Å²) in [5.41, 5.74) is 3.18. The van der Waals surface area contributed by atoms with Crippen LogP contribution in [0.25, 0.3) is 10.9 Å². The second kappa shape index (κ2) is 7.83. The summed E-state index contributed by atoms with van der Waals surface area (Å²) >= 11 is 0. The standard InChI is InChI=1S/C23H29N7O2/c1-23(2)14-30(9-10-32-23)20-19-15(5-7-24-20)12-25-22(27-19)26-17-11-16-13-28(3)8-6-18(16)29(4)21(17)31/h5,7,11-12H,6,8-10,13-14H2,1-4H3,(H,25,26,27). The fourth-order valence-electron chi connectivity index (χ4n) is 4.61. The molecule has 0 spiro atoms. The number of likely N-dealkylation sites (N-methyl/N-ethyl adjacent to an activating group) is 1. The van der Waals surface area contributed by atoms with Crippen LogP contribution in [-0.4, -0.2) is 63.3 Å². The zero-order chi connectivity index (χ0) is 22.5. The Hall–Kier alpha value is -3.04. The van der Waals surface area contributed by atoms with Crippen molar-refractivity contribution in [3.8, 4) is 0 Å². The molecule has 0 saturated carbocycles. The summed E-state index contributed by atoms with van der Waals surface area (Å²) in [6.45, 7) is 8.05. The Balaban J connectivity index is 1.52. The lowest BCUT2D eigenvalue weighted by Gasteiger charge is -2.38. The Bertz CT molecular complexity index is 1240. The van der Waals surface area contributed by atoms with Crippen molar-refractivity contribution in [2.45, 2.75) is 32.4 Å². The molecule has 0 unspecified atom stereocenters. The molecule has 0 amide bonds. The molecule has 0 bridgehead atoms. The SMILES string of the molecule is CN1CCc2c(cc(Nc3ncc4ccnc(N5CCOC(C)(C)C5)c4n3)c(=O)n2C)C1. The second-order valence-electron chi connectivity index (χ2n) is 9.30. The monoisotopic (exact) mass is 435 g/mol. The van der Waals surface area contributed by atoms with Crippen LogP contribution < -0.4 is 15.8 Å². The van der Waals surface area contributed by atoms with Gasteiger partial charge in [-0.1, -0.05) is 0 Å². The molecule has 0 aliphatic carbocycles. The summed E-state index contributed by atoms with van der Waals surface area (Å²) < 4.78 is 7.60. The molecule has 9 heteroatoms. The normalized spacial score (nSPS) is 18.6. The molecular formula is C23H29N7O2. The van der Waals surface area contributed by atoms with E-state index < -0.39 is 0 Å². The van der Waals surface area contributed by atoms with Gasteiger partial charge in [0.2, 0.25) is 5.95 Å². The number of rotatable bonds is 3. The van der Waals surface area contributed by atoms with Crippen molar-refractivity contribution in [2.24, 2.45) is 7.05 Å². The molecule has 1 N–H and O–H groups in total. The van der Waals surface area contributed by atoms with Gasteiger partial charge in [-0.3, -0.25) is 4.79 Å². The van der Waals surface area contributed by atoms with Crippen LogP contribution in [0.2, 0.25) is 0 Å². The summed E-state index contributed by atoms with van der Waals surface area (Å²) in [5.74, 6) is 1.20. The van der Waals surface area contributed by atoms with Crippen LogP contribution in [-0.2, 0) is 24.8 Å². The van der Waals surface area contributed by atoms with E-state index in [1.807, 2.05) is 19.2 Å². The van der Waals surface area contributed by atoms with Gasteiger partial charge in [-0.25, -0.2) is 15.0 Å². The Morgan fingerprint density at radius 2 is 2.03 bits per heavy atom. The lowest BCUT2D eigenvalue weighted by molar-refractivity contribution is -0.0278. The molecule has 0 radical (unpaired) electrons. The molecule has 5 rings (SSSR count). The van der Waals surface area contributed by atoms with E-state index in [2.05, 4.69) is 46.0 Å². The number of hydrogen-bond donors (Lipinski definition) is 1. The van der Waals surface area contributed by atoms with Crippen LogP contribution >= 0.6 is 0 Å². The number of fused-ring (bicyclic) bond motifs is 2. The van der Waals surface area contributed by atoms with E-state index in [1.165, 1.54) is 0 Å². The third-order valence-corrected chi connectivity index (χ3v) is 6.25. The first-order valence-corrected chi connectivity index (χ1v) is 11.0. The number of hydrogen-bond acceptors (Lipinski definition) is 8. The predicted molar refractivity (Wildman–Crippen MR) is 125 cm³/mol. The van der Waals surface area contributed by atoms with Crippen LogP contribution in [0.4, 0.5) is 17.5 Å². The van der Waals surface area contributed by atoms with Crippen molar-refractivity contribution < 1.29 is 4.74 Å². The Morgan fingerprint density at radius 3 is 2.84 bits per heavy atom. The molecule has 3 aromatic rings. The van der Waals surface area contributed by atoms with Crippen molar-refractivity contribution >= 4 is 28.4 Å². The average molecular weight is 436 g/mol. The van der Waals surface area contributed by atoms with E-state index >= 15 is 0 Å². The van der Waals surface area contributed by atoms with E-state index in [0.717, 1.165) is 60.6 Å². The Labute approximate surface area is 187 Å². The second-order valence-corrected chi connectivity index (χ2v) is 9.30. The highest BCUT2D eigenvalue weighted by atomic mass is 16.5. The lowest BCUT2D eigenvalue weighted by Crippen LogP contribution is -2.48. The van der Waals surface area contributed by atoms with Crippen LogP contribution in [0, 0.1) is 0 Å². The van der Waals surface area contributed by atoms with Gasteiger partial charge in [-0.05, 0) is 38.6 Å². The topological polar surface area (TPSA) is 88.4 Å². The van der Waals surface area contributed by atoms with E-state index in [0.29, 0.717) is 18.2 Å². The molecule has 2 aliphatic rings. The third kappa shape index (κ3) is 3.82. The summed E-state index contributed by atoms with van der Waals surface area (Å²) in [6, 6.07) is 3.84. The number of pyridine rings is 2. The number of aromatic nitrogens is 4. The first-order chi connectivity index (χ1) is 15.3. The molecule has 2 aliphatic heterocycles. The lowest BCUT2D eigenvalue weighted by atomic mass is 10.1. The first-order valence-electron chi connectivity index (χ1n) is 11.0. The van der Waals surface area contributed by atoms with Gasteiger partial charge in [-0.15, -0.1) is 0 Å². The largest absolute Gasteiger partial charge is 0.372 e. The highest BCUT2D eigenvalue weighted by molar-refractivity contribution is 5.89. The molecule has 0 aromatic carbocycles. The first kappa shape index (κ1) is 20.8. The minimum atomic E-state index is -0.251. The van der Waals surface area contributed by atoms with E-state index in [-0.39, 0.29) is 11.2 Å². The minimum absolute atomic E-state index is 0.0710. The van der Waals surface area contributed by atoms with Crippen LogP contribution in [0.3, 0.4) is 0 Å². The van der Waals surface area contributed by atoms with Gasteiger partial charge in [0, 0.05) is 63.1 Å². The van der Waals surface area contributed by atoms with E-state index in [4.69, 9.17) is 9.72 Å². The summed E-state index contributed by atoms with van der Waals surface area (Å²) in [7, 11) is 3.93. The number of nitrogens with zero attached hydrogens (tertiary/aromatic N) is 6. The van der Waals surface area contributed by atoms with Crippen LogP contribution in [0.15, 0.2) is 29.3 Å². The molecule has 1 saturated heterocycles. The summed E-state index contributed by atoms with van der Waals surface area (Å²) in [6.07, 6.45) is 4.43. The van der Waals surface area contributed by atoms with Gasteiger partial charge in [0.05, 0.1) is 12.2 Å². The van der Waals surface area contributed by atoms with Crippen molar-refractivity contribution in [3.05, 3.63) is 46.1 Å². The molecule has 1 fully saturated rings. The van der Waals surface area contributed by atoms with Crippen LogP contribution in [0.1, 0.15) is 25.1 Å². The maximum absolute atomic E-state index is 13.0. The fourth-order valence-corrected chi connectivity index (χ4v) is 4.61. The van der Waals surface area contributed by atoms with Gasteiger partial charge in [0.15, 0.2) is 5.82 Å². The summed E-state index contributed by atoms with van der Waals surface area (Å²) in [5, 5.41) is 4.08. The van der Waals surface area contributed by atoms with Crippen molar-refractivity contribution in [1.82, 2.24) is 24.4 Å². The maximum atomic E-state index is 13.0. The Kier molecular flexibility index (Phi) is 5.10. The van der Waals surface area contributed by atoms with Gasteiger partial charge in [-0.2, -0.15) is 0 Å². The molecule has 0 atom stereocenters. The van der Waals surface area contributed by atoms with Gasteiger partial charge in [0.1, 0.15) is 11.2 Å².